The molecule has 0 saturated heterocycles. The summed E-state index contributed by atoms with van der Waals surface area (Å²) in [6.07, 6.45) is 0. The van der Waals surface area contributed by atoms with Crippen molar-refractivity contribution in [1.82, 2.24) is 4.98 Å². The van der Waals surface area contributed by atoms with E-state index in [0.29, 0.717) is 27.7 Å². The van der Waals surface area contributed by atoms with Crippen LogP contribution < -0.4 is 15.7 Å². The van der Waals surface area contributed by atoms with Crippen LogP contribution in [-0.4, -0.2) is 17.5 Å². The maximum atomic E-state index is 13.4. The lowest BCUT2D eigenvalue weighted by Crippen LogP contribution is -2.20. The van der Waals surface area contributed by atoms with Crippen LogP contribution in [0.2, 0.25) is 0 Å². The Bertz CT molecular complexity index is 1320. The molecule has 6 nitrogen and oxygen atoms in total. The SMILES string of the molecule is Cc1cc(=O)oc2cc(OCC(=O)Nc3nc(-c4ccc(F)c(F)c4)cs3)ccc12. The first-order valence-electron chi connectivity index (χ1n) is 8.77. The number of rotatable bonds is 5. The van der Waals surface area contributed by atoms with Gasteiger partial charge in [-0.15, -0.1) is 11.3 Å². The van der Waals surface area contributed by atoms with Crippen LogP contribution in [0.5, 0.6) is 5.75 Å². The van der Waals surface area contributed by atoms with Gasteiger partial charge in [0.1, 0.15) is 11.3 Å². The second kappa shape index (κ2) is 8.03. The van der Waals surface area contributed by atoms with Crippen LogP contribution in [0.15, 0.2) is 57.1 Å². The quantitative estimate of drug-likeness (QED) is 0.473. The molecule has 1 amide bonds. The van der Waals surface area contributed by atoms with Gasteiger partial charge < -0.3 is 9.15 Å². The molecule has 0 aliphatic heterocycles. The van der Waals surface area contributed by atoms with Gasteiger partial charge in [0.2, 0.25) is 0 Å². The van der Waals surface area contributed by atoms with Crippen molar-refractivity contribution < 1.29 is 22.7 Å². The predicted molar refractivity (Wildman–Crippen MR) is 109 cm³/mol. The van der Waals surface area contributed by atoms with E-state index in [0.717, 1.165) is 34.4 Å². The lowest BCUT2D eigenvalue weighted by molar-refractivity contribution is -0.118. The number of nitrogens with zero attached hydrogens (tertiary/aromatic N) is 1. The van der Waals surface area contributed by atoms with E-state index >= 15 is 0 Å². The molecule has 4 rings (SSSR count). The van der Waals surface area contributed by atoms with Crippen molar-refractivity contribution in [1.29, 1.82) is 0 Å². The molecule has 1 N–H and O–H groups in total. The van der Waals surface area contributed by atoms with Gasteiger partial charge in [0.25, 0.3) is 5.91 Å². The molecule has 0 fully saturated rings. The molecule has 30 heavy (non-hydrogen) atoms. The number of thiazole rings is 1. The van der Waals surface area contributed by atoms with Gasteiger partial charge >= 0.3 is 5.63 Å². The first-order chi connectivity index (χ1) is 14.4. The molecule has 0 saturated carbocycles. The Labute approximate surface area is 172 Å². The molecular formula is C21H14F2N2O4S. The maximum absolute atomic E-state index is 13.4. The summed E-state index contributed by atoms with van der Waals surface area (Å²) in [5.41, 5.74) is 1.50. The van der Waals surface area contributed by atoms with Gasteiger partial charge in [0.05, 0.1) is 5.69 Å². The Kier molecular flexibility index (Phi) is 5.28. The van der Waals surface area contributed by atoms with E-state index in [1.165, 1.54) is 12.1 Å². The second-order valence-electron chi connectivity index (χ2n) is 6.41. The maximum Gasteiger partial charge on any atom is 0.336 e. The van der Waals surface area contributed by atoms with E-state index in [9.17, 15) is 18.4 Å². The summed E-state index contributed by atoms with van der Waals surface area (Å²) in [6.45, 7) is 1.51. The zero-order valence-corrected chi connectivity index (χ0v) is 16.4. The van der Waals surface area contributed by atoms with Crippen LogP contribution in [0.1, 0.15) is 5.56 Å². The smallest absolute Gasteiger partial charge is 0.336 e. The summed E-state index contributed by atoms with van der Waals surface area (Å²) in [7, 11) is 0. The monoisotopic (exact) mass is 428 g/mol. The lowest BCUT2D eigenvalue weighted by atomic mass is 10.1. The number of carbonyl (C=O) groups is 1. The molecule has 4 aromatic rings. The first-order valence-corrected chi connectivity index (χ1v) is 9.65. The highest BCUT2D eigenvalue weighted by molar-refractivity contribution is 7.14. The van der Waals surface area contributed by atoms with Crippen molar-refractivity contribution in [2.75, 3.05) is 11.9 Å². The topological polar surface area (TPSA) is 81.4 Å². The van der Waals surface area contributed by atoms with Gasteiger partial charge in [-0.1, -0.05) is 0 Å². The minimum absolute atomic E-state index is 0.290. The minimum Gasteiger partial charge on any atom is -0.484 e. The number of aromatic nitrogens is 1. The van der Waals surface area contributed by atoms with E-state index < -0.39 is 23.2 Å². The van der Waals surface area contributed by atoms with Crippen LogP contribution in [0.3, 0.4) is 0 Å². The fourth-order valence-corrected chi connectivity index (χ4v) is 3.55. The fourth-order valence-electron chi connectivity index (χ4n) is 2.82. The number of carbonyl (C=O) groups excluding carboxylic acids is 1. The number of anilines is 1. The normalized spacial score (nSPS) is 10.9. The van der Waals surface area contributed by atoms with E-state index in [-0.39, 0.29) is 6.61 Å². The Morgan fingerprint density at radius 2 is 2.00 bits per heavy atom. The average Bonchev–Trinajstić information content (AvgIpc) is 3.16. The third-order valence-corrected chi connectivity index (χ3v) is 5.02. The highest BCUT2D eigenvalue weighted by Crippen LogP contribution is 2.26. The Hall–Kier alpha value is -3.59. The molecule has 9 heteroatoms. The molecule has 2 aromatic carbocycles. The third kappa shape index (κ3) is 4.20. The molecule has 2 aromatic heterocycles. The van der Waals surface area contributed by atoms with Gasteiger partial charge in [0.15, 0.2) is 23.4 Å². The van der Waals surface area contributed by atoms with Crippen LogP contribution in [0.4, 0.5) is 13.9 Å². The van der Waals surface area contributed by atoms with Crippen molar-refractivity contribution in [3.63, 3.8) is 0 Å². The molecule has 0 atom stereocenters. The number of ether oxygens (including phenoxy) is 1. The van der Waals surface area contributed by atoms with E-state index in [1.54, 1.807) is 30.5 Å². The largest absolute Gasteiger partial charge is 0.484 e. The van der Waals surface area contributed by atoms with Gasteiger partial charge in [0, 0.05) is 28.5 Å². The van der Waals surface area contributed by atoms with Crippen LogP contribution in [0.25, 0.3) is 22.2 Å². The summed E-state index contributed by atoms with van der Waals surface area (Å²) < 4.78 is 37.0. The molecule has 152 valence electrons. The zero-order valence-electron chi connectivity index (χ0n) is 15.6. The van der Waals surface area contributed by atoms with Gasteiger partial charge in [-0.05, 0) is 42.8 Å². The van der Waals surface area contributed by atoms with Gasteiger partial charge in [-0.2, -0.15) is 0 Å². The number of benzene rings is 2. The number of amides is 1. The third-order valence-electron chi connectivity index (χ3n) is 4.26. The molecule has 0 spiro atoms. The number of hydrogen-bond acceptors (Lipinski definition) is 6. The van der Waals surface area contributed by atoms with Crippen molar-refractivity contribution in [2.24, 2.45) is 0 Å². The van der Waals surface area contributed by atoms with Crippen molar-refractivity contribution in [3.8, 4) is 17.0 Å². The van der Waals surface area contributed by atoms with E-state index in [4.69, 9.17) is 9.15 Å². The highest BCUT2D eigenvalue weighted by Gasteiger charge is 2.11. The standard InChI is InChI=1S/C21H14F2N2O4S/c1-11-6-20(27)29-18-8-13(3-4-14(11)18)28-9-19(26)25-21-24-17(10-30-21)12-2-5-15(22)16(23)7-12/h2-8,10H,9H2,1H3,(H,24,25,26). The first kappa shape index (κ1) is 19.7. The number of nitrogens with one attached hydrogen (secondary N) is 1. The summed E-state index contributed by atoms with van der Waals surface area (Å²) in [5.74, 6) is -2.00. The molecule has 0 unspecified atom stereocenters. The summed E-state index contributed by atoms with van der Waals surface area (Å²) in [5, 5.41) is 5.28. The number of hydrogen-bond donors (Lipinski definition) is 1. The molecule has 0 aliphatic rings. The van der Waals surface area contributed by atoms with E-state index in [2.05, 4.69) is 10.3 Å². The van der Waals surface area contributed by atoms with Gasteiger partial charge in [-0.3, -0.25) is 10.1 Å². The van der Waals surface area contributed by atoms with Crippen molar-refractivity contribution in [2.45, 2.75) is 6.92 Å². The Balaban J connectivity index is 1.40. The van der Waals surface area contributed by atoms with Crippen LogP contribution in [-0.2, 0) is 4.79 Å². The highest BCUT2D eigenvalue weighted by atomic mass is 32.1. The van der Waals surface area contributed by atoms with Crippen LogP contribution in [0, 0.1) is 18.6 Å². The van der Waals surface area contributed by atoms with Crippen molar-refractivity contribution in [3.05, 3.63) is 75.5 Å². The Morgan fingerprint density at radius 1 is 1.17 bits per heavy atom. The molecule has 2 heterocycles. The summed E-state index contributed by atoms with van der Waals surface area (Å²) in [4.78, 5) is 27.9. The summed E-state index contributed by atoms with van der Waals surface area (Å²) in [6, 6.07) is 9.83. The number of fused-ring (bicyclic) bond motifs is 1. The predicted octanol–water partition coefficient (Wildman–Crippen LogP) is 4.52. The van der Waals surface area contributed by atoms with Crippen LogP contribution >= 0.6 is 11.3 Å². The summed E-state index contributed by atoms with van der Waals surface area (Å²) >= 11 is 1.14. The Morgan fingerprint density at radius 3 is 2.80 bits per heavy atom. The molecular weight excluding hydrogens is 414 g/mol. The fraction of sp³-hybridized carbons (Fsp3) is 0.0952. The molecule has 0 aliphatic carbocycles. The lowest BCUT2D eigenvalue weighted by Gasteiger charge is -2.07. The average molecular weight is 428 g/mol. The van der Waals surface area contributed by atoms with E-state index in [1.807, 2.05) is 0 Å². The number of aryl methyl sites for hydroxylation is 1. The minimum atomic E-state index is -0.971. The second-order valence-corrected chi connectivity index (χ2v) is 7.27. The molecule has 0 radical (unpaired) electrons. The van der Waals surface area contributed by atoms with Crippen molar-refractivity contribution >= 4 is 33.3 Å². The molecule has 0 bridgehead atoms. The zero-order chi connectivity index (χ0) is 21.3. The number of halogens is 2. The van der Waals surface area contributed by atoms with Gasteiger partial charge in [-0.25, -0.2) is 18.6 Å².